The lowest BCUT2D eigenvalue weighted by Gasteiger charge is -2.05. The van der Waals surface area contributed by atoms with E-state index in [1.54, 1.807) is 6.20 Å². The molecule has 0 atom stereocenters. The molecule has 0 bridgehead atoms. The molecule has 2 aromatic rings. The van der Waals surface area contributed by atoms with E-state index in [4.69, 9.17) is 17.3 Å². The standard InChI is InChI=1S/C11H8BrClN2S/c12-7-5-8(13)11(15-6-7)16-10-4-2-1-3-9(10)14/h1-6H,14H2. The summed E-state index contributed by atoms with van der Waals surface area (Å²) in [7, 11) is 0. The molecular formula is C11H8BrClN2S. The summed E-state index contributed by atoms with van der Waals surface area (Å²) in [6.45, 7) is 0. The molecule has 2 N–H and O–H groups in total. The Labute approximate surface area is 111 Å². The molecule has 1 aromatic heterocycles. The predicted molar refractivity (Wildman–Crippen MR) is 71.9 cm³/mol. The average molecular weight is 316 g/mol. The van der Waals surface area contributed by atoms with Gasteiger partial charge in [0, 0.05) is 21.3 Å². The minimum Gasteiger partial charge on any atom is -0.398 e. The molecule has 1 aromatic carbocycles. The van der Waals surface area contributed by atoms with E-state index in [0.29, 0.717) is 5.02 Å². The summed E-state index contributed by atoms with van der Waals surface area (Å²) in [5.74, 6) is 0. The molecular weight excluding hydrogens is 308 g/mol. The van der Waals surface area contributed by atoms with Crippen LogP contribution in [-0.4, -0.2) is 4.98 Å². The number of anilines is 1. The first-order valence-corrected chi connectivity index (χ1v) is 6.49. The van der Waals surface area contributed by atoms with Crippen LogP contribution in [0.5, 0.6) is 0 Å². The van der Waals surface area contributed by atoms with Gasteiger partial charge in [-0.05, 0) is 34.1 Å². The van der Waals surface area contributed by atoms with E-state index >= 15 is 0 Å². The van der Waals surface area contributed by atoms with Gasteiger partial charge in [-0.3, -0.25) is 0 Å². The van der Waals surface area contributed by atoms with Crippen LogP contribution in [0.3, 0.4) is 0 Å². The van der Waals surface area contributed by atoms with Gasteiger partial charge in [0.2, 0.25) is 0 Å². The van der Waals surface area contributed by atoms with Gasteiger partial charge in [-0.1, -0.05) is 35.5 Å². The SMILES string of the molecule is Nc1ccccc1Sc1ncc(Br)cc1Cl. The second-order valence-corrected chi connectivity index (χ2v) is 5.43. The maximum atomic E-state index is 6.08. The first kappa shape index (κ1) is 11.8. The number of rotatable bonds is 2. The Hall–Kier alpha value is -0.710. The first-order valence-electron chi connectivity index (χ1n) is 4.50. The molecule has 0 saturated heterocycles. The van der Waals surface area contributed by atoms with Crippen LogP contribution in [-0.2, 0) is 0 Å². The van der Waals surface area contributed by atoms with Crippen molar-refractivity contribution in [2.24, 2.45) is 0 Å². The molecule has 0 aliphatic rings. The second kappa shape index (κ2) is 5.08. The molecule has 0 radical (unpaired) electrons. The Balaban J connectivity index is 2.31. The largest absolute Gasteiger partial charge is 0.398 e. The van der Waals surface area contributed by atoms with Crippen molar-refractivity contribution < 1.29 is 0 Å². The molecule has 0 unspecified atom stereocenters. The molecule has 1 heterocycles. The van der Waals surface area contributed by atoms with Crippen molar-refractivity contribution in [2.45, 2.75) is 9.92 Å². The van der Waals surface area contributed by atoms with Gasteiger partial charge in [-0.2, -0.15) is 0 Å². The summed E-state index contributed by atoms with van der Waals surface area (Å²) in [5.41, 5.74) is 6.58. The number of nitrogens with zero attached hydrogens (tertiary/aromatic N) is 1. The van der Waals surface area contributed by atoms with E-state index in [-0.39, 0.29) is 0 Å². The van der Waals surface area contributed by atoms with Gasteiger partial charge < -0.3 is 5.73 Å². The predicted octanol–water partition coefficient (Wildman–Crippen LogP) is 4.23. The molecule has 2 rings (SSSR count). The molecule has 0 spiro atoms. The van der Waals surface area contributed by atoms with E-state index in [1.165, 1.54) is 11.8 Å². The lowest BCUT2D eigenvalue weighted by atomic mass is 10.3. The molecule has 0 fully saturated rings. The highest BCUT2D eigenvalue weighted by atomic mass is 79.9. The molecule has 82 valence electrons. The third kappa shape index (κ3) is 2.70. The van der Waals surface area contributed by atoms with Crippen LogP contribution in [0.25, 0.3) is 0 Å². The number of aromatic nitrogens is 1. The third-order valence-corrected chi connectivity index (χ3v) is 3.84. The first-order chi connectivity index (χ1) is 7.66. The maximum Gasteiger partial charge on any atom is 0.120 e. The molecule has 5 heteroatoms. The zero-order chi connectivity index (χ0) is 11.5. The Morgan fingerprint density at radius 3 is 2.75 bits per heavy atom. The fourth-order valence-corrected chi connectivity index (χ4v) is 2.70. The zero-order valence-corrected chi connectivity index (χ0v) is 11.3. The summed E-state index contributed by atoms with van der Waals surface area (Å²) < 4.78 is 0.864. The van der Waals surface area contributed by atoms with Crippen LogP contribution >= 0.6 is 39.3 Å². The van der Waals surface area contributed by atoms with Crippen LogP contribution in [0.2, 0.25) is 5.02 Å². The smallest absolute Gasteiger partial charge is 0.120 e. The topological polar surface area (TPSA) is 38.9 Å². The van der Waals surface area contributed by atoms with Gasteiger partial charge in [0.1, 0.15) is 5.03 Å². The van der Waals surface area contributed by atoms with E-state index in [0.717, 1.165) is 20.1 Å². The van der Waals surface area contributed by atoms with Crippen molar-refractivity contribution in [3.05, 3.63) is 46.0 Å². The summed E-state index contributed by atoms with van der Waals surface area (Å²) in [5, 5.41) is 1.37. The second-order valence-electron chi connectivity index (χ2n) is 3.08. The molecule has 0 aliphatic heterocycles. The van der Waals surface area contributed by atoms with Crippen molar-refractivity contribution in [3.8, 4) is 0 Å². The van der Waals surface area contributed by atoms with Crippen LogP contribution in [0.15, 0.2) is 50.9 Å². The van der Waals surface area contributed by atoms with Crippen LogP contribution in [0.4, 0.5) is 5.69 Å². The van der Waals surface area contributed by atoms with Gasteiger partial charge in [0.25, 0.3) is 0 Å². The van der Waals surface area contributed by atoms with Crippen molar-refractivity contribution in [3.63, 3.8) is 0 Å². The molecule has 0 saturated carbocycles. The highest BCUT2D eigenvalue weighted by Crippen LogP contribution is 2.35. The molecule has 2 nitrogen and oxygen atoms in total. The van der Waals surface area contributed by atoms with Crippen LogP contribution < -0.4 is 5.73 Å². The maximum absolute atomic E-state index is 6.08. The van der Waals surface area contributed by atoms with Gasteiger partial charge in [-0.25, -0.2) is 4.98 Å². The molecule has 0 amide bonds. The normalized spacial score (nSPS) is 10.4. The Bertz CT molecular complexity index is 519. The Morgan fingerprint density at radius 1 is 1.31 bits per heavy atom. The number of para-hydroxylation sites is 1. The minimum absolute atomic E-state index is 0.614. The summed E-state index contributed by atoms with van der Waals surface area (Å²) >= 11 is 10.9. The highest BCUT2D eigenvalue weighted by molar-refractivity contribution is 9.10. The van der Waals surface area contributed by atoms with E-state index in [1.807, 2.05) is 30.3 Å². The molecule has 16 heavy (non-hydrogen) atoms. The number of halogens is 2. The van der Waals surface area contributed by atoms with E-state index in [2.05, 4.69) is 20.9 Å². The zero-order valence-electron chi connectivity index (χ0n) is 8.15. The number of nitrogens with two attached hydrogens (primary N) is 1. The van der Waals surface area contributed by atoms with Gasteiger partial charge in [-0.15, -0.1) is 0 Å². The highest BCUT2D eigenvalue weighted by Gasteiger charge is 2.06. The van der Waals surface area contributed by atoms with Crippen LogP contribution in [0.1, 0.15) is 0 Å². The quantitative estimate of drug-likeness (QED) is 0.843. The van der Waals surface area contributed by atoms with E-state index in [9.17, 15) is 0 Å². The number of hydrogen-bond acceptors (Lipinski definition) is 3. The number of pyridine rings is 1. The monoisotopic (exact) mass is 314 g/mol. The number of nitrogen functional groups attached to an aromatic ring is 1. The van der Waals surface area contributed by atoms with Crippen LogP contribution in [0, 0.1) is 0 Å². The Kier molecular flexibility index (Phi) is 3.74. The fourth-order valence-electron chi connectivity index (χ4n) is 1.15. The van der Waals surface area contributed by atoms with Gasteiger partial charge in [0.05, 0.1) is 5.02 Å². The van der Waals surface area contributed by atoms with Crippen molar-refractivity contribution in [1.82, 2.24) is 4.98 Å². The summed E-state index contributed by atoms with van der Waals surface area (Å²) in [4.78, 5) is 5.20. The number of benzene rings is 1. The Morgan fingerprint density at radius 2 is 2.06 bits per heavy atom. The van der Waals surface area contributed by atoms with Crippen molar-refractivity contribution in [2.75, 3.05) is 5.73 Å². The lowest BCUT2D eigenvalue weighted by molar-refractivity contribution is 1.12. The van der Waals surface area contributed by atoms with Crippen molar-refractivity contribution >= 4 is 45.0 Å². The summed E-state index contributed by atoms with van der Waals surface area (Å²) in [6.07, 6.45) is 1.72. The van der Waals surface area contributed by atoms with Crippen molar-refractivity contribution in [1.29, 1.82) is 0 Å². The van der Waals surface area contributed by atoms with E-state index < -0.39 is 0 Å². The molecule has 0 aliphatic carbocycles. The minimum atomic E-state index is 0.614. The summed E-state index contributed by atoms with van der Waals surface area (Å²) in [6, 6.07) is 9.45. The van der Waals surface area contributed by atoms with Gasteiger partial charge in [0.15, 0.2) is 0 Å². The van der Waals surface area contributed by atoms with Gasteiger partial charge >= 0.3 is 0 Å². The average Bonchev–Trinajstić information content (AvgIpc) is 2.25. The number of hydrogen-bond donors (Lipinski definition) is 1. The third-order valence-electron chi connectivity index (χ3n) is 1.90. The fraction of sp³-hybridized carbons (Fsp3) is 0. The lowest BCUT2D eigenvalue weighted by Crippen LogP contribution is -1.88.